The number of carbonyl (C=O) groups excluding carboxylic acids is 1. The van der Waals surface area contributed by atoms with Crippen LogP contribution >= 0.6 is 0 Å². The third-order valence-electron chi connectivity index (χ3n) is 4.00. The third kappa shape index (κ3) is 4.92. The summed E-state index contributed by atoms with van der Waals surface area (Å²) in [4.78, 5) is 13.9. The van der Waals surface area contributed by atoms with Crippen molar-refractivity contribution in [2.24, 2.45) is 0 Å². The molecule has 0 bridgehead atoms. The Kier molecular flexibility index (Phi) is 6.01. The maximum absolute atomic E-state index is 12.7. The first kappa shape index (κ1) is 18.1. The summed E-state index contributed by atoms with van der Waals surface area (Å²) in [6.45, 7) is 0.739. The van der Waals surface area contributed by atoms with Crippen molar-refractivity contribution in [2.75, 3.05) is 25.1 Å². The number of nitrogens with zero attached hydrogens (tertiary/aromatic N) is 1. The van der Waals surface area contributed by atoms with Crippen molar-refractivity contribution >= 4 is 11.7 Å². The first-order chi connectivity index (χ1) is 12.6. The molecule has 2 aromatic rings. The van der Waals surface area contributed by atoms with E-state index < -0.39 is 24.9 Å². The molecule has 0 saturated carbocycles. The van der Waals surface area contributed by atoms with Crippen LogP contribution in [0.3, 0.4) is 0 Å². The number of urea groups is 1. The molecule has 1 atom stereocenters. The standard InChI is InChI=1S/C19H20F2N2O3/c20-18(21)12-15-13-25-10-9-23(15)19(24)22-14-5-4-8-17(11-14)26-16-6-2-1-3-7-16/h1-8,11,15,18H,9-10,12-13H2,(H,22,24). The number of para-hydroxylation sites is 1. The van der Waals surface area contributed by atoms with E-state index in [2.05, 4.69) is 5.32 Å². The van der Waals surface area contributed by atoms with Crippen LogP contribution in [0.15, 0.2) is 54.6 Å². The van der Waals surface area contributed by atoms with Crippen molar-refractivity contribution in [1.82, 2.24) is 4.90 Å². The van der Waals surface area contributed by atoms with Gasteiger partial charge in [-0.05, 0) is 24.3 Å². The molecule has 1 unspecified atom stereocenters. The van der Waals surface area contributed by atoms with Crippen LogP contribution in [0.5, 0.6) is 11.5 Å². The van der Waals surface area contributed by atoms with Crippen molar-refractivity contribution in [3.8, 4) is 11.5 Å². The number of nitrogens with one attached hydrogen (secondary N) is 1. The normalized spacial score (nSPS) is 17.2. The summed E-state index contributed by atoms with van der Waals surface area (Å²) in [7, 11) is 0. The number of benzene rings is 2. The van der Waals surface area contributed by atoms with Crippen molar-refractivity contribution in [3.05, 3.63) is 54.6 Å². The van der Waals surface area contributed by atoms with Gasteiger partial charge < -0.3 is 19.7 Å². The van der Waals surface area contributed by atoms with Crippen LogP contribution in [0.1, 0.15) is 6.42 Å². The molecule has 1 aliphatic heterocycles. The van der Waals surface area contributed by atoms with Gasteiger partial charge in [0, 0.05) is 24.7 Å². The lowest BCUT2D eigenvalue weighted by Gasteiger charge is -2.35. The molecule has 1 aliphatic rings. The van der Waals surface area contributed by atoms with E-state index in [9.17, 15) is 13.6 Å². The van der Waals surface area contributed by atoms with Crippen LogP contribution in [0.25, 0.3) is 0 Å². The molecule has 1 saturated heterocycles. The number of hydrogen-bond acceptors (Lipinski definition) is 3. The van der Waals surface area contributed by atoms with Gasteiger partial charge in [-0.3, -0.25) is 0 Å². The molecular formula is C19H20F2N2O3. The molecule has 0 aliphatic carbocycles. The molecule has 0 spiro atoms. The minimum Gasteiger partial charge on any atom is -0.457 e. The fourth-order valence-corrected chi connectivity index (χ4v) is 2.78. The molecular weight excluding hydrogens is 342 g/mol. The highest BCUT2D eigenvalue weighted by atomic mass is 19.3. The van der Waals surface area contributed by atoms with Gasteiger partial charge in [0.05, 0.1) is 19.3 Å². The summed E-state index contributed by atoms with van der Waals surface area (Å²) in [5.41, 5.74) is 0.533. The minimum atomic E-state index is -2.49. The zero-order valence-corrected chi connectivity index (χ0v) is 14.1. The Labute approximate surface area is 150 Å². The predicted molar refractivity (Wildman–Crippen MR) is 93.9 cm³/mol. The van der Waals surface area contributed by atoms with Gasteiger partial charge in [0.15, 0.2) is 0 Å². The molecule has 5 nitrogen and oxygen atoms in total. The molecule has 138 valence electrons. The van der Waals surface area contributed by atoms with Crippen LogP contribution in [0.4, 0.5) is 19.3 Å². The smallest absolute Gasteiger partial charge is 0.322 e. The van der Waals surface area contributed by atoms with E-state index in [1.54, 1.807) is 24.3 Å². The second-order valence-corrected chi connectivity index (χ2v) is 5.92. The van der Waals surface area contributed by atoms with E-state index in [1.807, 2.05) is 30.3 Å². The zero-order chi connectivity index (χ0) is 18.4. The first-order valence-corrected chi connectivity index (χ1v) is 8.38. The highest BCUT2D eigenvalue weighted by Crippen LogP contribution is 2.24. The lowest BCUT2D eigenvalue weighted by molar-refractivity contribution is -0.00966. The van der Waals surface area contributed by atoms with Gasteiger partial charge in [-0.2, -0.15) is 0 Å². The monoisotopic (exact) mass is 362 g/mol. The topological polar surface area (TPSA) is 50.8 Å². The highest BCUT2D eigenvalue weighted by molar-refractivity contribution is 5.89. The van der Waals surface area contributed by atoms with Crippen LogP contribution in [-0.4, -0.2) is 43.2 Å². The lowest BCUT2D eigenvalue weighted by atomic mass is 10.1. The molecule has 1 fully saturated rings. The Morgan fingerprint density at radius 2 is 1.96 bits per heavy atom. The summed E-state index contributed by atoms with van der Waals surface area (Å²) in [6.07, 6.45) is -2.88. The van der Waals surface area contributed by atoms with E-state index in [0.717, 1.165) is 0 Å². The van der Waals surface area contributed by atoms with Gasteiger partial charge in [-0.25, -0.2) is 13.6 Å². The number of morpholine rings is 1. The van der Waals surface area contributed by atoms with Crippen molar-refractivity contribution in [1.29, 1.82) is 0 Å². The number of alkyl halides is 2. The SMILES string of the molecule is O=C(Nc1cccc(Oc2ccccc2)c1)N1CCOCC1CC(F)F. The number of anilines is 1. The van der Waals surface area contributed by atoms with Gasteiger partial charge >= 0.3 is 6.03 Å². The van der Waals surface area contributed by atoms with Crippen molar-refractivity contribution in [2.45, 2.75) is 18.9 Å². The summed E-state index contributed by atoms with van der Waals surface area (Å²) in [5.74, 6) is 1.25. The van der Waals surface area contributed by atoms with Crippen LogP contribution < -0.4 is 10.1 Å². The van der Waals surface area contributed by atoms with Crippen molar-refractivity contribution in [3.63, 3.8) is 0 Å². The lowest BCUT2D eigenvalue weighted by Crippen LogP contribution is -2.51. The van der Waals surface area contributed by atoms with Gasteiger partial charge in [0.25, 0.3) is 0 Å². The Bertz CT molecular complexity index is 728. The summed E-state index contributed by atoms with van der Waals surface area (Å²) in [5, 5.41) is 2.75. The molecule has 7 heteroatoms. The molecule has 1 N–H and O–H groups in total. The number of ether oxygens (including phenoxy) is 2. The molecule has 0 aromatic heterocycles. The largest absolute Gasteiger partial charge is 0.457 e. The summed E-state index contributed by atoms with van der Waals surface area (Å²) >= 11 is 0. The Morgan fingerprint density at radius 1 is 1.19 bits per heavy atom. The molecule has 26 heavy (non-hydrogen) atoms. The summed E-state index contributed by atoms with van der Waals surface area (Å²) in [6, 6.07) is 15.2. The third-order valence-corrected chi connectivity index (χ3v) is 4.00. The minimum absolute atomic E-state index is 0.120. The summed E-state index contributed by atoms with van der Waals surface area (Å²) < 4.78 is 36.4. The fraction of sp³-hybridized carbons (Fsp3) is 0.316. The van der Waals surface area contributed by atoms with E-state index >= 15 is 0 Å². The van der Waals surface area contributed by atoms with Gasteiger partial charge in [0.2, 0.25) is 6.43 Å². The number of hydrogen-bond donors (Lipinski definition) is 1. The Hall–Kier alpha value is -2.67. The molecule has 1 heterocycles. The average Bonchev–Trinajstić information content (AvgIpc) is 2.63. The maximum atomic E-state index is 12.7. The number of amides is 2. The number of carbonyl (C=O) groups is 1. The average molecular weight is 362 g/mol. The second-order valence-electron chi connectivity index (χ2n) is 5.92. The Balaban J connectivity index is 1.66. The van der Waals surface area contributed by atoms with E-state index in [-0.39, 0.29) is 13.2 Å². The maximum Gasteiger partial charge on any atom is 0.322 e. The van der Waals surface area contributed by atoms with Gasteiger partial charge in [-0.1, -0.05) is 24.3 Å². The fourth-order valence-electron chi connectivity index (χ4n) is 2.78. The highest BCUT2D eigenvalue weighted by Gasteiger charge is 2.29. The molecule has 2 amide bonds. The van der Waals surface area contributed by atoms with Gasteiger partial charge in [-0.15, -0.1) is 0 Å². The van der Waals surface area contributed by atoms with E-state index in [0.29, 0.717) is 23.8 Å². The number of rotatable bonds is 5. The van der Waals surface area contributed by atoms with Crippen LogP contribution in [0, 0.1) is 0 Å². The van der Waals surface area contributed by atoms with E-state index in [1.165, 1.54) is 4.90 Å². The molecule has 3 rings (SSSR count). The van der Waals surface area contributed by atoms with Crippen molar-refractivity contribution < 1.29 is 23.0 Å². The second kappa shape index (κ2) is 8.62. The zero-order valence-electron chi connectivity index (χ0n) is 14.1. The molecule has 2 aromatic carbocycles. The first-order valence-electron chi connectivity index (χ1n) is 8.38. The van der Waals surface area contributed by atoms with Crippen LogP contribution in [0.2, 0.25) is 0 Å². The predicted octanol–water partition coefficient (Wildman–Crippen LogP) is 4.37. The van der Waals surface area contributed by atoms with E-state index in [4.69, 9.17) is 9.47 Å². The number of halogens is 2. The molecule has 0 radical (unpaired) electrons. The van der Waals surface area contributed by atoms with Crippen LogP contribution in [-0.2, 0) is 4.74 Å². The Morgan fingerprint density at radius 3 is 2.73 bits per heavy atom. The van der Waals surface area contributed by atoms with Gasteiger partial charge in [0.1, 0.15) is 11.5 Å². The quantitative estimate of drug-likeness (QED) is 0.859.